The van der Waals surface area contributed by atoms with Gasteiger partial charge in [-0.05, 0) is 79.3 Å². The van der Waals surface area contributed by atoms with E-state index in [9.17, 15) is 33.6 Å². The molecule has 0 radical (unpaired) electrons. The largest absolute Gasteiger partial charge is 0.491 e. The number of nitrogens with one attached hydrogen (secondary N) is 3. The quantitative estimate of drug-likeness (QED) is 0.0630. The molecule has 2 bridgehead atoms. The number of hydrogen-bond donors (Lipinski definition) is 5. The average molecular weight is 1080 g/mol. The number of carbonyl (C=O) groups is 5. The minimum absolute atomic E-state index is 0.0222. The van der Waals surface area contributed by atoms with E-state index in [2.05, 4.69) is 32.1 Å². The molecule has 1 saturated heterocycles. The van der Waals surface area contributed by atoms with Crippen LogP contribution in [-0.2, 0) is 64.2 Å². The summed E-state index contributed by atoms with van der Waals surface area (Å²) in [6.45, 7) is 11.0. The van der Waals surface area contributed by atoms with Gasteiger partial charge in [0.15, 0.2) is 17.3 Å². The van der Waals surface area contributed by atoms with E-state index in [4.69, 9.17) is 40.1 Å². The zero-order valence-corrected chi connectivity index (χ0v) is 45.3. The van der Waals surface area contributed by atoms with E-state index in [0.29, 0.717) is 92.3 Å². The summed E-state index contributed by atoms with van der Waals surface area (Å²) in [5.41, 5.74) is 15.4. The maximum absolute atomic E-state index is 14.7. The third-order valence-electron chi connectivity index (χ3n) is 13.9. The number of ether oxygens (including phenoxy) is 5. The number of nitrogens with two attached hydrogens (primary N) is 2. The number of fused-ring (bicyclic) bond motifs is 9. The van der Waals surface area contributed by atoms with E-state index in [0.717, 1.165) is 17.5 Å². The van der Waals surface area contributed by atoms with Crippen LogP contribution in [0.25, 0.3) is 11.3 Å². The number of carbonyl (C=O) groups excluding carboxylic acids is 5. The third-order valence-corrected chi connectivity index (χ3v) is 13.9. The lowest BCUT2D eigenvalue weighted by molar-refractivity contribution is -0.146. The molecule has 5 amide bonds. The Labute approximate surface area is 453 Å². The fourth-order valence-electron chi connectivity index (χ4n) is 9.64. The summed E-state index contributed by atoms with van der Waals surface area (Å²) in [4.78, 5) is 80.5. The number of halogens is 1. The normalized spacial score (nSPS) is 16.8. The Kier molecular flexibility index (Phi) is 20.1. The number of nitrogen functional groups attached to an aromatic ring is 1. The van der Waals surface area contributed by atoms with E-state index in [1.165, 1.54) is 34.2 Å². The standard InChI is InChI=1S/C54H72FN13O10/c1-33(59-5)51(71)63-47(54(2,3)4)53(73)67-31-35-26-37(11-9-34(35)27-43(67)49(58)70)78-25-24-77-23-22-76-21-20-75-19-18-74-17-13-45(69)60-14-16-68-44-32-65(6)52(72)38-12-10-36(55)28-39(38)42-8-7-15-66(42)50-48(57)61-30-41(62-50)46(44)40(29-56)64-68/h9-12,26,28,30,33,42-43,47,59H,7-8,13-25,27,31-32H2,1-6H3,(H2,57,61)(H2,58,70)(H,60,69)(H,63,71)/t33-,42+,43-,47+/m0/s1. The summed E-state index contributed by atoms with van der Waals surface area (Å²) >= 11 is 0. The Bertz CT molecular complexity index is 2840. The van der Waals surface area contributed by atoms with Crippen LogP contribution in [0.3, 0.4) is 0 Å². The number of anilines is 2. The van der Waals surface area contributed by atoms with Gasteiger partial charge in [0, 0.05) is 45.1 Å². The molecular weight excluding hydrogens is 1010 g/mol. The second-order valence-electron chi connectivity index (χ2n) is 20.4. The van der Waals surface area contributed by atoms with Crippen molar-refractivity contribution >= 4 is 41.2 Å². The molecule has 0 aliphatic carbocycles. The van der Waals surface area contributed by atoms with E-state index < -0.39 is 35.3 Å². The lowest BCUT2D eigenvalue weighted by Gasteiger charge is -2.40. The Balaban J connectivity index is 0.774. The number of rotatable bonds is 24. The average Bonchev–Trinajstić information content (AvgIpc) is 4.10. The highest BCUT2D eigenvalue weighted by atomic mass is 19.1. The highest BCUT2D eigenvalue weighted by Gasteiger charge is 2.42. The van der Waals surface area contributed by atoms with Crippen LogP contribution in [0, 0.1) is 22.6 Å². The van der Waals surface area contributed by atoms with Gasteiger partial charge in [-0.3, -0.25) is 28.7 Å². The second kappa shape index (κ2) is 26.8. The summed E-state index contributed by atoms with van der Waals surface area (Å²) in [6, 6.07) is 9.16. The van der Waals surface area contributed by atoms with E-state index in [1.807, 2.05) is 37.8 Å². The van der Waals surface area contributed by atoms with Crippen molar-refractivity contribution in [3.63, 3.8) is 0 Å². The zero-order valence-electron chi connectivity index (χ0n) is 45.3. The molecule has 7 N–H and O–H groups in total. The van der Waals surface area contributed by atoms with Crippen molar-refractivity contribution in [3.05, 3.63) is 82.1 Å². The van der Waals surface area contributed by atoms with E-state index >= 15 is 0 Å². The van der Waals surface area contributed by atoms with Gasteiger partial charge >= 0.3 is 0 Å². The first-order valence-corrected chi connectivity index (χ1v) is 26.2. The smallest absolute Gasteiger partial charge is 0.254 e. The van der Waals surface area contributed by atoms with Crippen molar-refractivity contribution in [2.24, 2.45) is 11.1 Å². The van der Waals surface area contributed by atoms with Crippen molar-refractivity contribution in [2.75, 3.05) is 97.3 Å². The van der Waals surface area contributed by atoms with Gasteiger partial charge in [0.05, 0.1) is 101 Å². The molecule has 3 aliphatic rings. The molecule has 3 aliphatic heterocycles. The maximum atomic E-state index is 14.7. The Morgan fingerprint density at radius 2 is 1.64 bits per heavy atom. The van der Waals surface area contributed by atoms with Crippen LogP contribution in [-0.4, -0.2) is 164 Å². The van der Waals surface area contributed by atoms with Crippen LogP contribution in [0.5, 0.6) is 5.75 Å². The first kappa shape index (κ1) is 58.4. The highest BCUT2D eigenvalue weighted by molar-refractivity contribution is 5.96. The van der Waals surface area contributed by atoms with Crippen LogP contribution in [0.4, 0.5) is 16.0 Å². The second-order valence-corrected chi connectivity index (χ2v) is 20.4. The Morgan fingerprint density at radius 3 is 2.31 bits per heavy atom. The Morgan fingerprint density at radius 1 is 0.949 bits per heavy atom. The molecule has 7 rings (SSSR count). The molecule has 0 spiro atoms. The summed E-state index contributed by atoms with van der Waals surface area (Å²) in [5.74, 6) is -1.27. The SMILES string of the molecule is CN[C@@H](C)C(=O)N[C@H](C(=O)N1Cc2cc(OCCOCCOCCOCCOCCC(=O)NCCn3nc(C#N)c4c3CN(C)C(=O)c3ccc(F)cc3[C@H]3CCCN3c3nc-4cnc3N)ccc2C[C@H]1C(N)=O)C(C)(C)C. The maximum Gasteiger partial charge on any atom is 0.254 e. The molecule has 24 heteroatoms. The van der Waals surface area contributed by atoms with Gasteiger partial charge in [0.1, 0.15) is 36.3 Å². The molecule has 1 fully saturated rings. The summed E-state index contributed by atoms with van der Waals surface area (Å²) in [7, 11) is 3.29. The predicted molar refractivity (Wildman–Crippen MR) is 284 cm³/mol. The number of primary amides is 1. The van der Waals surface area contributed by atoms with Crippen molar-refractivity contribution in [1.82, 2.24) is 45.5 Å². The van der Waals surface area contributed by atoms with Gasteiger partial charge in [0.25, 0.3) is 5.91 Å². The number of likely N-dealkylation sites (N-methyl/N-ethyl adjacent to an activating group) is 1. The van der Waals surface area contributed by atoms with Crippen molar-refractivity contribution in [3.8, 4) is 23.1 Å². The summed E-state index contributed by atoms with van der Waals surface area (Å²) in [6.07, 6.45) is 3.22. The zero-order chi connectivity index (χ0) is 56.1. The topological polar surface area (TPSA) is 297 Å². The predicted octanol–water partition coefficient (Wildman–Crippen LogP) is 2.39. The third kappa shape index (κ3) is 14.4. The molecule has 4 atom stereocenters. The van der Waals surface area contributed by atoms with Gasteiger partial charge < -0.3 is 65.8 Å². The number of benzene rings is 2. The summed E-state index contributed by atoms with van der Waals surface area (Å²) in [5, 5.41) is 23.4. The molecule has 420 valence electrons. The van der Waals surface area contributed by atoms with Crippen LogP contribution in [0.1, 0.15) is 91.4 Å². The van der Waals surface area contributed by atoms with Crippen molar-refractivity contribution in [2.45, 2.75) is 97.2 Å². The van der Waals surface area contributed by atoms with Crippen molar-refractivity contribution in [1.29, 1.82) is 5.26 Å². The fraction of sp³-hybridized carbons (Fsp3) is 0.537. The first-order chi connectivity index (χ1) is 37.4. The van der Waals surface area contributed by atoms with Gasteiger partial charge in [-0.25, -0.2) is 14.4 Å². The van der Waals surface area contributed by atoms with Gasteiger partial charge in [-0.2, -0.15) is 10.4 Å². The molecular formula is C54H72FN13O10. The molecule has 2 aromatic heterocycles. The minimum atomic E-state index is -0.895. The lowest BCUT2D eigenvalue weighted by atomic mass is 9.84. The first-order valence-electron chi connectivity index (χ1n) is 26.2. The molecule has 2 aromatic carbocycles. The molecule has 78 heavy (non-hydrogen) atoms. The monoisotopic (exact) mass is 1080 g/mol. The van der Waals surface area contributed by atoms with Crippen molar-refractivity contribution < 1.29 is 52.0 Å². The van der Waals surface area contributed by atoms with Gasteiger partial charge in [-0.15, -0.1) is 0 Å². The van der Waals surface area contributed by atoms with Crippen LogP contribution >= 0.6 is 0 Å². The number of nitriles is 1. The number of aromatic nitrogens is 4. The van der Waals surface area contributed by atoms with Crippen LogP contribution < -0.4 is 37.1 Å². The van der Waals surface area contributed by atoms with E-state index in [-0.39, 0.29) is 100 Å². The molecule has 5 heterocycles. The number of nitrogens with zero attached hydrogens (tertiary/aromatic N) is 8. The minimum Gasteiger partial charge on any atom is -0.491 e. The molecule has 0 saturated carbocycles. The van der Waals surface area contributed by atoms with Crippen LogP contribution in [0.15, 0.2) is 42.6 Å². The molecule has 4 aromatic rings. The van der Waals surface area contributed by atoms with Gasteiger partial charge in [0.2, 0.25) is 23.6 Å². The highest BCUT2D eigenvalue weighted by Crippen LogP contribution is 2.41. The van der Waals surface area contributed by atoms with E-state index in [1.54, 1.807) is 31.8 Å². The van der Waals surface area contributed by atoms with Gasteiger partial charge in [-0.1, -0.05) is 26.8 Å². The Hall–Kier alpha value is -7.30. The summed E-state index contributed by atoms with van der Waals surface area (Å²) < 4.78 is 44.7. The fourth-order valence-corrected chi connectivity index (χ4v) is 9.64. The lowest BCUT2D eigenvalue weighted by Crippen LogP contribution is -2.61. The molecule has 0 unspecified atom stereocenters. The number of hydrogen-bond acceptors (Lipinski definition) is 17. The number of amides is 5. The van der Waals surface area contributed by atoms with Crippen LogP contribution in [0.2, 0.25) is 0 Å². The molecule has 23 nitrogen and oxygen atoms in total.